The van der Waals surface area contributed by atoms with E-state index in [1.807, 2.05) is 19.1 Å². The van der Waals surface area contributed by atoms with E-state index in [-0.39, 0.29) is 115 Å². The summed E-state index contributed by atoms with van der Waals surface area (Å²) in [5.74, 6) is -4.39. The number of hydrogen-bond donors (Lipinski definition) is 9. The fourth-order valence-electron chi connectivity index (χ4n) is 11.2. The molecule has 0 saturated carbocycles. The zero-order valence-electron chi connectivity index (χ0n) is 57.0. The number of amides is 11. The van der Waals surface area contributed by atoms with Crippen molar-refractivity contribution in [2.24, 2.45) is 17.4 Å². The van der Waals surface area contributed by atoms with Gasteiger partial charge in [0.25, 0.3) is 23.6 Å². The van der Waals surface area contributed by atoms with Crippen LogP contribution in [-0.2, 0) is 44.8 Å². The van der Waals surface area contributed by atoms with Crippen molar-refractivity contribution >= 4 is 111 Å². The summed E-state index contributed by atoms with van der Waals surface area (Å²) in [5, 5.41) is 33.3. The molecule has 2 aliphatic heterocycles. The number of carbonyl (C=O) groups is 11. The highest BCUT2D eigenvalue weighted by Gasteiger charge is 2.38. The number of likely N-dealkylation sites (N-methyl/N-ethyl adjacent to an activating group) is 1. The molecule has 31 nitrogen and oxygen atoms in total. The number of pyridine rings is 1. The Bertz CT molecular complexity index is 4060. The summed E-state index contributed by atoms with van der Waals surface area (Å²) < 4.78 is 29.7. The van der Waals surface area contributed by atoms with Gasteiger partial charge in [0.15, 0.2) is 0 Å². The Kier molecular flexibility index (Phi) is 27.5. The number of imide groups is 1. The number of nitrogens with one attached hydrogen (secondary N) is 5. The van der Waals surface area contributed by atoms with Crippen LogP contribution >= 0.6 is 11.6 Å². The molecule has 6 aromatic rings. The van der Waals surface area contributed by atoms with E-state index in [0.717, 1.165) is 33.6 Å². The van der Waals surface area contributed by atoms with Gasteiger partial charge in [-0.1, -0.05) is 44.2 Å². The van der Waals surface area contributed by atoms with Crippen LogP contribution in [0.15, 0.2) is 109 Å². The zero-order valence-corrected chi connectivity index (χ0v) is 57.8. The number of fused-ring (bicyclic) bond motifs is 4. The molecular formula is C70H84ClN13O18. The number of primary amides is 1. The number of alkyl halides is 1. The first-order valence-corrected chi connectivity index (χ1v) is 33.6. The molecule has 2 aromatic heterocycles. The molecule has 32 heteroatoms. The van der Waals surface area contributed by atoms with Crippen LogP contribution in [0.2, 0.25) is 0 Å². The molecule has 0 radical (unpaired) electrons. The number of benzene rings is 4. The maximum absolute atomic E-state index is 14.7. The lowest BCUT2D eigenvalue weighted by Crippen LogP contribution is -2.54. The number of aliphatic hydroxyl groups excluding tert-OH is 1. The highest BCUT2D eigenvalue weighted by Crippen LogP contribution is 2.47. The molecule has 2 aliphatic rings. The molecule has 5 atom stereocenters. The molecule has 102 heavy (non-hydrogen) atoms. The summed E-state index contributed by atoms with van der Waals surface area (Å²) in [6.45, 7) is 6.46. The number of anilines is 3. The van der Waals surface area contributed by atoms with Crippen molar-refractivity contribution in [3.8, 4) is 11.5 Å². The third-order valence-electron chi connectivity index (χ3n) is 16.7. The van der Waals surface area contributed by atoms with E-state index in [2.05, 4.69) is 31.6 Å². The number of aliphatic carboxylic acids is 1. The predicted molar refractivity (Wildman–Crippen MR) is 374 cm³/mol. The SMILES string of the molecule is Cc1cccc2c(OC(=O)N(CCCC[C@H](N)C(=O)O)CCN(C)C(=O)OCc3ccc(NC(=O)[C@H](CCCNC(N)=O)NC(=O)[C@@H](NC(=O)OCCOCCN4C(=O)C=CC4=O)C(C)C)cc3)cc3c(c12)[C@H](CCl)CN3C(=O)c1cn2cc(NC(=O)c3ccc(OC(C)CO)cc3)ccc2n1. The van der Waals surface area contributed by atoms with Gasteiger partial charge in [-0.25, -0.2) is 24.2 Å². The number of carboxylic acid groups (broad SMARTS) is 1. The number of ether oxygens (including phenoxy) is 5. The lowest BCUT2D eigenvalue weighted by atomic mass is 9.92. The molecule has 0 saturated heterocycles. The van der Waals surface area contributed by atoms with Gasteiger partial charge >= 0.3 is 30.3 Å². The minimum absolute atomic E-state index is 0.00162. The zero-order chi connectivity index (χ0) is 73.7. The molecule has 11 N–H and O–H groups in total. The summed E-state index contributed by atoms with van der Waals surface area (Å²) in [4.78, 5) is 153. The number of rotatable bonds is 35. The molecule has 4 aromatic carbocycles. The Morgan fingerprint density at radius 1 is 0.794 bits per heavy atom. The Morgan fingerprint density at radius 3 is 2.21 bits per heavy atom. The highest BCUT2D eigenvalue weighted by molar-refractivity contribution is 6.19. The van der Waals surface area contributed by atoms with Crippen LogP contribution in [0.25, 0.3) is 16.4 Å². The van der Waals surface area contributed by atoms with Crippen molar-refractivity contribution in [3.05, 3.63) is 137 Å². The second-order valence-electron chi connectivity index (χ2n) is 24.7. The number of unbranched alkanes of at least 4 members (excludes halogenated alkanes) is 1. The van der Waals surface area contributed by atoms with Crippen molar-refractivity contribution in [2.45, 2.75) is 96.6 Å². The molecule has 1 unspecified atom stereocenters. The number of imidazole rings is 1. The lowest BCUT2D eigenvalue weighted by molar-refractivity contribution is -0.139. The molecule has 4 heterocycles. The number of alkyl carbamates (subject to hydrolysis) is 1. The molecule has 8 rings (SSSR count). The summed E-state index contributed by atoms with van der Waals surface area (Å²) in [6, 6.07) is 18.9. The average molecular weight is 1430 g/mol. The van der Waals surface area contributed by atoms with E-state index < -0.39 is 95.9 Å². The van der Waals surface area contributed by atoms with Crippen LogP contribution in [0.1, 0.15) is 96.3 Å². The molecule has 11 amide bonds. The third kappa shape index (κ3) is 20.9. The van der Waals surface area contributed by atoms with E-state index in [9.17, 15) is 63.0 Å². The topological polar surface area (TPSA) is 417 Å². The first-order valence-electron chi connectivity index (χ1n) is 33.1. The smallest absolute Gasteiger partial charge is 0.415 e. The number of nitrogens with two attached hydrogens (primary N) is 2. The van der Waals surface area contributed by atoms with Crippen LogP contribution in [-0.4, -0.2) is 203 Å². The lowest BCUT2D eigenvalue weighted by Gasteiger charge is -2.26. The number of urea groups is 1. The number of aliphatic hydroxyl groups is 1. The van der Waals surface area contributed by atoms with Gasteiger partial charge in [0, 0.05) is 98.8 Å². The van der Waals surface area contributed by atoms with Gasteiger partial charge in [-0.05, 0) is 122 Å². The van der Waals surface area contributed by atoms with Gasteiger partial charge in [0.05, 0.1) is 37.7 Å². The monoisotopic (exact) mass is 1430 g/mol. The fourth-order valence-corrected chi connectivity index (χ4v) is 11.4. The van der Waals surface area contributed by atoms with E-state index >= 15 is 0 Å². The highest BCUT2D eigenvalue weighted by atomic mass is 35.5. The number of aryl methyl sites for hydroxylation is 1. The van der Waals surface area contributed by atoms with Crippen molar-refractivity contribution in [2.75, 3.05) is 94.2 Å². The predicted octanol–water partition coefficient (Wildman–Crippen LogP) is 6.01. The Labute approximate surface area is 592 Å². The molecule has 544 valence electrons. The minimum atomic E-state index is -1.18. The van der Waals surface area contributed by atoms with Crippen LogP contribution in [0.4, 0.5) is 36.2 Å². The van der Waals surface area contributed by atoms with Crippen molar-refractivity contribution < 1.29 is 86.6 Å². The Balaban J connectivity index is 0.888. The molecule has 0 fully saturated rings. The van der Waals surface area contributed by atoms with E-state index in [4.69, 9.17) is 46.8 Å². The quantitative estimate of drug-likeness (QED) is 0.0125. The number of hydrogen-bond acceptors (Lipinski definition) is 19. The second-order valence-corrected chi connectivity index (χ2v) is 25.0. The summed E-state index contributed by atoms with van der Waals surface area (Å²) in [6.07, 6.45) is 3.53. The van der Waals surface area contributed by atoms with Gasteiger partial charge in [-0.3, -0.25) is 38.5 Å². The fraction of sp³-hybridized carbons (Fsp3) is 0.400. The second kappa shape index (κ2) is 36.4. The summed E-state index contributed by atoms with van der Waals surface area (Å²) in [5.41, 5.74) is 15.2. The molecule has 0 spiro atoms. The van der Waals surface area contributed by atoms with Crippen molar-refractivity contribution in [1.29, 1.82) is 0 Å². The Morgan fingerprint density at radius 2 is 1.52 bits per heavy atom. The molecular weight excluding hydrogens is 1350 g/mol. The van der Waals surface area contributed by atoms with Crippen LogP contribution in [0, 0.1) is 12.8 Å². The molecule has 0 bridgehead atoms. The van der Waals surface area contributed by atoms with Crippen LogP contribution < -0.4 is 52.4 Å². The van der Waals surface area contributed by atoms with Gasteiger partial charge in [-0.2, -0.15) is 0 Å². The van der Waals surface area contributed by atoms with E-state index in [0.29, 0.717) is 57.8 Å². The Hall–Kier alpha value is -10.9. The number of carboxylic acids is 1. The number of carbonyl (C=O) groups excluding carboxylic acids is 10. The van der Waals surface area contributed by atoms with E-state index in [1.165, 1.54) is 16.8 Å². The molecule has 0 aliphatic carbocycles. The normalized spacial score (nSPS) is 14.3. The average Bonchev–Trinajstić information content (AvgIpc) is 1.55. The van der Waals surface area contributed by atoms with Crippen molar-refractivity contribution in [3.63, 3.8) is 0 Å². The first kappa shape index (κ1) is 76.9. The van der Waals surface area contributed by atoms with Gasteiger partial charge in [-0.15, -0.1) is 11.6 Å². The van der Waals surface area contributed by atoms with Crippen LogP contribution in [0.3, 0.4) is 0 Å². The first-order chi connectivity index (χ1) is 48.8. The minimum Gasteiger partial charge on any atom is -0.488 e. The maximum Gasteiger partial charge on any atom is 0.415 e. The third-order valence-corrected chi connectivity index (χ3v) is 17.1. The van der Waals surface area contributed by atoms with Gasteiger partial charge < -0.3 is 91.0 Å². The van der Waals surface area contributed by atoms with Gasteiger partial charge in [0.1, 0.15) is 60.3 Å². The van der Waals surface area contributed by atoms with Crippen LogP contribution in [0.5, 0.6) is 11.5 Å². The van der Waals surface area contributed by atoms with Gasteiger partial charge in [0.2, 0.25) is 11.8 Å². The standard InChI is InChI=1S/C70H84ClN13O18/c1-41(2)61(79-68(95)99-33-32-98-31-30-83-57(86)24-25-58(83)87)64(90)78-52(13-9-26-74-67(73)94)63(89)75-47-18-14-44(15-19-47)40-100-69(96)80(5)28-29-81(27-7-6-12-51(72)66(92)93)70(97)102-55-34-54-60(59-42(3)10-8-11-50(55)59)46(35-71)36-84(54)65(91)53-38-82-37-48(20-23-56(82)77-53)76-62(88)45-16-21-49(22-17-45)101-43(4)39-85/h8,10-11,14-25,34,37-38,41,43,46,51-52,61,85H,6-7,9,12-13,26-33,35-36,39-40,72H2,1-5H3,(H,75,89)(H,76,88)(H,78,90)(H,79,95)(H,92,93)(H3,73,74,94)/t43?,46-,51+,52+,61+/m1/s1. The van der Waals surface area contributed by atoms with Crippen molar-refractivity contribution in [1.82, 2.24) is 40.0 Å². The number of nitrogens with zero attached hydrogens (tertiary/aromatic N) is 6. The largest absolute Gasteiger partial charge is 0.488 e. The summed E-state index contributed by atoms with van der Waals surface area (Å²) >= 11 is 6.68. The maximum atomic E-state index is 14.7. The summed E-state index contributed by atoms with van der Waals surface area (Å²) in [7, 11) is 1.47. The number of halogens is 1. The number of aromatic nitrogens is 2. The van der Waals surface area contributed by atoms with E-state index in [1.54, 1.807) is 115 Å².